The summed E-state index contributed by atoms with van der Waals surface area (Å²) in [6.45, 7) is 3.72. The molecule has 2 aromatic rings. The molecule has 0 aliphatic rings. The van der Waals surface area contributed by atoms with Crippen molar-refractivity contribution < 1.29 is 0 Å². The maximum Gasteiger partial charge on any atom is 0.134 e. The van der Waals surface area contributed by atoms with Gasteiger partial charge in [0.1, 0.15) is 18.0 Å². The largest absolute Gasteiger partial charge is 0.373 e. The summed E-state index contributed by atoms with van der Waals surface area (Å²) in [4.78, 5) is 14.9. The minimum absolute atomic E-state index is 0.748. The molecule has 0 amide bonds. The molecule has 0 atom stereocenters. The maximum absolute atomic E-state index is 4.33. The zero-order chi connectivity index (χ0) is 12.8. The van der Waals surface area contributed by atoms with Gasteiger partial charge in [0.15, 0.2) is 0 Å². The molecule has 2 rings (SSSR count). The first-order valence-electron chi connectivity index (χ1n) is 5.98. The lowest BCUT2D eigenvalue weighted by atomic mass is 10.3. The number of rotatable bonds is 5. The van der Waals surface area contributed by atoms with Crippen molar-refractivity contribution in [1.82, 2.24) is 15.0 Å². The highest BCUT2D eigenvalue weighted by molar-refractivity contribution is 5.48. The molecule has 0 fully saturated rings. The minimum atomic E-state index is 0.748. The van der Waals surface area contributed by atoms with Crippen LogP contribution in [0.25, 0.3) is 0 Å². The normalized spacial score (nSPS) is 10.1. The van der Waals surface area contributed by atoms with Crippen LogP contribution < -0.4 is 10.2 Å². The van der Waals surface area contributed by atoms with Crippen molar-refractivity contribution in [1.29, 1.82) is 0 Å². The minimum Gasteiger partial charge on any atom is -0.373 e. The zero-order valence-corrected chi connectivity index (χ0v) is 10.7. The van der Waals surface area contributed by atoms with E-state index in [4.69, 9.17) is 0 Å². The van der Waals surface area contributed by atoms with Gasteiger partial charge in [0.25, 0.3) is 0 Å². The summed E-state index contributed by atoms with van der Waals surface area (Å²) in [6, 6.07) is 7.87. The molecule has 0 aromatic carbocycles. The SMILES string of the molecule is CCN(Cc1ccccn1)c1cc(NC)ncn1. The van der Waals surface area contributed by atoms with Crippen LogP contribution in [0.15, 0.2) is 36.8 Å². The van der Waals surface area contributed by atoms with E-state index in [-0.39, 0.29) is 0 Å². The molecule has 0 saturated carbocycles. The molecule has 5 heteroatoms. The molecule has 0 radical (unpaired) electrons. The fourth-order valence-electron chi connectivity index (χ4n) is 1.70. The second-order valence-electron chi connectivity index (χ2n) is 3.85. The van der Waals surface area contributed by atoms with Crippen LogP contribution in [0.4, 0.5) is 11.6 Å². The molecule has 0 spiro atoms. The summed E-state index contributed by atoms with van der Waals surface area (Å²) in [6.07, 6.45) is 3.38. The van der Waals surface area contributed by atoms with Crippen molar-refractivity contribution in [3.05, 3.63) is 42.5 Å². The Hall–Kier alpha value is -2.17. The molecule has 0 saturated heterocycles. The molecular weight excluding hydrogens is 226 g/mol. The van der Waals surface area contributed by atoms with Crippen LogP contribution in [0.3, 0.4) is 0 Å². The van der Waals surface area contributed by atoms with Gasteiger partial charge in [-0.25, -0.2) is 9.97 Å². The van der Waals surface area contributed by atoms with Crippen LogP contribution in [-0.4, -0.2) is 28.5 Å². The van der Waals surface area contributed by atoms with Crippen LogP contribution in [0.5, 0.6) is 0 Å². The predicted octanol–water partition coefficient (Wildman–Crippen LogP) is 1.94. The molecule has 1 N–H and O–H groups in total. The summed E-state index contributed by atoms with van der Waals surface area (Å²) < 4.78 is 0. The Labute approximate surface area is 107 Å². The van der Waals surface area contributed by atoms with E-state index in [1.165, 1.54) is 0 Å². The Morgan fingerprint density at radius 2 is 2.11 bits per heavy atom. The highest BCUT2D eigenvalue weighted by atomic mass is 15.2. The lowest BCUT2D eigenvalue weighted by Gasteiger charge is -2.21. The van der Waals surface area contributed by atoms with Gasteiger partial charge in [-0.05, 0) is 19.1 Å². The van der Waals surface area contributed by atoms with E-state index in [2.05, 4.69) is 32.1 Å². The number of aromatic nitrogens is 3. The molecule has 0 unspecified atom stereocenters. The van der Waals surface area contributed by atoms with Gasteiger partial charge in [-0.3, -0.25) is 4.98 Å². The standard InChI is InChI=1S/C13H17N5/c1-3-18(9-11-6-4-5-7-15-11)13-8-12(14-2)16-10-17-13/h4-8,10H,3,9H2,1-2H3,(H,14,16,17). The second-order valence-corrected chi connectivity index (χ2v) is 3.85. The first-order chi connectivity index (χ1) is 8.83. The van der Waals surface area contributed by atoms with Gasteiger partial charge in [0, 0.05) is 25.9 Å². The first-order valence-corrected chi connectivity index (χ1v) is 5.98. The van der Waals surface area contributed by atoms with Crippen molar-refractivity contribution in [3.8, 4) is 0 Å². The van der Waals surface area contributed by atoms with Gasteiger partial charge < -0.3 is 10.2 Å². The van der Waals surface area contributed by atoms with Gasteiger partial charge in [0.05, 0.1) is 12.2 Å². The number of hydrogen-bond donors (Lipinski definition) is 1. The Morgan fingerprint density at radius 3 is 2.78 bits per heavy atom. The summed E-state index contributed by atoms with van der Waals surface area (Å²) in [5.74, 6) is 1.72. The lowest BCUT2D eigenvalue weighted by molar-refractivity contribution is 0.791. The Morgan fingerprint density at radius 1 is 1.22 bits per heavy atom. The molecule has 2 heterocycles. The van der Waals surface area contributed by atoms with Crippen LogP contribution >= 0.6 is 0 Å². The third-order valence-electron chi connectivity index (χ3n) is 2.69. The van der Waals surface area contributed by atoms with Crippen LogP contribution in [0.2, 0.25) is 0 Å². The van der Waals surface area contributed by atoms with Gasteiger partial charge in [-0.15, -0.1) is 0 Å². The lowest BCUT2D eigenvalue weighted by Crippen LogP contribution is -2.23. The second kappa shape index (κ2) is 5.95. The monoisotopic (exact) mass is 243 g/mol. The summed E-state index contributed by atoms with van der Waals surface area (Å²) >= 11 is 0. The van der Waals surface area contributed by atoms with Crippen molar-refractivity contribution in [2.75, 3.05) is 23.8 Å². The van der Waals surface area contributed by atoms with Crippen LogP contribution in [0, 0.1) is 0 Å². The van der Waals surface area contributed by atoms with Crippen molar-refractivity contribution in [3.63, 3.8) is 0 Å². The van der Waals surface area contributed by atoms with E-state index in [0.29, 0.717) is 0 Å². The number of pyridine rings is 1. The highest BCUT2D eigenvalue weighted by Crippen LogP contribution is 2.15. The average Bonchev–Trinajstić information content (AvgIpc) is 2.46. The van der Waals surface area contributed by atoms with E-state index >= 15 is 0 Å². The molecule has 0 aliphatic heterocycles. The number of nitrogens with zero attached hydrogens (tertiary/aromatic N) is 4. The van der Waals surface area contributed by atoms with Crippen molar-refractivity contribution in [2.45, 2.75) is 13.5 Å². The molecular formula is C13H17N5. The zero-order valence-electron chi connectivity index (χ0n) is 10.7. The van der Waals surface area contributed by atoms with E-state index in [0.717, 1.165) is 30.4 Å². The van der Waals surface area contributed by atoms with Crippen molar-refractivity contribution >= 4 is 11.6 Å². The van der Waals surface area contributed by atoms with E-state index in [1.807, 2.05) is 37.5 Å². The molecule has 94 valence electrons. The number of nitrogens with one attached hydrogen (secondary N) is 1. The summed E-state index contributed by atoms with van der Waals surface area (Å²) in [5, 5.41) is 3.02. The molecule has 2 aromatic heterocycles. The fourth-order valence-corrected chi connectivity index (χ4v) is 1.70. The van der Waals surface area contributed by atoms with Gasteiger partial charge >= 0.3 is 0 Å². The van der Waals surface area contributed by atoms with E-state index < -0.39 is 0 Å². The Balaban J connectivity index is 2.17. The molecule has 0 aliphatic carbocycles. The Kier molecular flexibility index (Phi) is 4.06. The smallest absolute Gasteiger partial charge is 0.134 e. The quantitative estimate of drug-likeness (QED) is 0.869. The number of hydrogen-bond acceptors (Lipinski definition) is 5. The van der Waals surface area contributed by atoms with Crippen LogP contribution in [-0.2, 0) is 6.54 Å². The first kappa shape index (κ1) is 12.3. The topological polar surface area (TPSA) is 53.9 Å². The maximum atomic E-state index is 4.33. The molecule has 18 heavy (non-hydrogen) atoms. The van der Waals surface area contributed by atoms with E-state index in [9.17, 15) is 0 Å². The van der Waals surface area contributed by atoms with E-state index in [1.54, 1.807) is 6.33 Å². The fraction of sp³-hybridized carbons (Fsp3) is 0.308. The third kappa shape index (κ3) is 2.94. The van der Waals surface area contributed by atoms with Gasteiger partial charge in [-0.2, -0.15) is 0 Å². The third-order valence-corrected chi connectivity index (χ3v) is 2.69. The van der Waals surface area contributed by atoms with Gasteiger partial charge in [0.2, 0.25) is 0 Å². The number of anilines is 2. The summed E-state index contributed by atoms with van der Waals surface area (Å²) in [7, 11) is 1.85. The summed E-state index contributed by atoms with van der Waals surface area (Å²) in [5.41, 5.74) is 1.03. The molecule has 5 nitrogen and oxygen atoms in total. The van der Waals surface area contributed by atoms with Crippen LogP contribution in [0.1, 0.15) is 12.6 Å². The molecule has 0 bridgehead atoms. The Bertz CT molecular complexity index is 486. The van der Waals surface area contributed by atoms with Gasteiger partial charge in [-0.1, -0.05) is 6.07 Å². The van der Waals surface area contributed by atoms with Crippen molar-refractivity contribution in [2.24, 2.45) is 0 Å². The predicted molar refractivity (Wildman–Crippen MR) is 72.5 cm³/mol. The average molecular weight is 243 g/mol. The highest BCUT2D eigenvalue weighted by Gasteiger charge is 2.08.